The smallest absolute Gasteiger partial charge is 0.218 e. The maximum Gasteiger partial charge on any atom is 0.218 e. The van der Waals surface area contributed by atoms with Gasteiger partial charge in [-0.3, -0.25) is 4.98 Å². The Morgan fingerprint density at radius 1 is 1.32 bits per heavy atom. The van der Waals surface area contributed by atoms with Gasteiger partial charge in [-0.05, 0) is 30.4 Å². The number of aliphatic hydroxyl groups excluding tert-OH is 1. The molecule has 6 nitrogen and oxygen atoms in total. The highest BCUT2D eigenvalue weighted by atomic mass is 16.5. The minimum atomic E-state index is -0.448. The average molecular weight is 300 g/mol. The number of aliphatic hydroxyl groups is 1. The molecule has 3 heterocycles. The molecule has 1 saturated heterocycles. The summed E-state index contributed by atoms with van der Waals surface area (Å²) < 4.78 is 5.14. The second-order valence-electron chi connectivity index (χ2n) is 5.47. The highest BCUT2D eigenvalue weighted by Crippen LogP contribution is 2.31. The van der Waals surface area contributed by atoms with Crippen molar-refractivity contribution in [3.05, 3.63) is 42.5 Å². The second-order valence-corrected chi connectivity index (χ2v) is 5.47. The van der Waals surface area contributed by atoms with E-state index in [0.29, 0.717) is 5.88 Å². The molecule has 22 heavy (non-hydrogen) atoms. The van der Waals surface area contributed by atoms with Crippen LogP contribution < -0.4 is 9.64 Å². The fourth-order valence-corrected chi connectivity index (χ4v) is 2.88. The van der Waals surface area contributed by atoms with Crippen LogP contribution in [0.4, 0.5) is 5.82 Å². The van der Waals surface area contributed by atoms with Gasteiger partial charge in [-0.2, -0.15) is 0 Å². The van der Waals surface area contributed by atoms with E-state index in [9.17, 15) is 5.11 Å². The van der Waals surface area contributed by atoms with Crippen molar-refractivity contribution >= 4 is 5.82 Å². The first kappa shape index (κ1) is 14.7. The van der Waals surface area contributed by atoms with Gasteiger partial charge >= 0.3 is 0 Å². The maximum atomic E-state index is 10.5. The third-order valence-electron chi connectivity index (χ3n) is 4.17. The van der Waals surface area contributed by atoms with Crippen molar-refractivity contribution in [3.8, 4) is 5.88 Å². The van der Waals surface area contributed by atoms with Crippen LogP contribution in [-0.2, 0) is 0 Å². The fourth-order valence-electron chi connectivity index (χ4n) is 2.88. The van der Waals surface area contributed by atoms with Crippen molar-refractivity contribution in [2.24, 2.45) is 5.92 Å². The summed E-state index contributed by atoms with van der Waals surface area (Å²) in [4.78, 5) is 14.6. The molecule has 2 aromatic rings. The molecule has 3 rings (SSSR count). The Bertz CT molecular complexity index is 600. The van der Waals surface area contributed by atoms with Crippen LogP contribution >= 0.6 is 0 Å². The van der Waals surface area contributed by atoms with E-state index in [2.05, 4.69) is 19.9 Å². The number of rotatable bonds is 4. The van der Waals surface area contributed by atoms with Gasteiger partial charge < -0.3 is 14.7 Å². The van der Waals surface area contributed by atoms with Gasteiger partial charge in [0.2, 0.25) is 5.88 Å². The van der Waals surface area contributed by atoms with Crippen molar-refractivity contribution in [3.63, 3.8) is 0 Å². The molecule has 116 valence electrons. The van der Waals surface area contributed by atoms with E-state index in [1.165, 1.54) is 6.33 Å². The molecule has 1 aliphatic heterocycles. The lowest BCUT2D eigenvalue weighted by atomic mass is 9.88. The first-order valence-electron chi connectivity index (χ1n) is 7.47. The number of anilines is 1. The van der Waals surface area contributed by atoms with Crippen molar-refractivity contribution in [1.29, 1.82) is 0 Å². The van der Waals surface area contributed by atoms with E-state index in [0.717, 1.165) is 37.3 Å². The highest BCUT2D eigenvalue weighted by molar-refractivity contribution is 5.41. The molecule has 0 bridgehead atoms. The molecule has 0 radical (unpaired) electrons. The molecular formula is C16H20N4O2. The molecule has 0 spiro atoms. The summed E-state index contributed by atoms with van der Waals surface area (Å²) in [6, 6.07) is 5.64. The van der Waals surface area contributed by atoms with E-state index in [1.807, 2.05) is 18.2 Å². The van der Waals surface area contributed by atoms with Gasteiger partial charge in [0.25, 0.3) is 0 Å². The quantitative estimate of drug-likeness (QED) is 0.929. The van der Waals surface area contributed by atoms with Gasteiger partial charge in [-0.1, -0.05) is 6.07 Å². The lowest BCUT2D eigenvalue weighted by Gasteiger charge is -2.34. The molecule has 1 unspecified atom stereocenters. The van der Waals surface area contributed by atoms with Crippen LogP contribution in [-0.4, -0.2) is 40.3 Å². The van der Waals surface area contributed by atoms with Crippen LogP contribution in [0.1, 0.15) is 24.5 Å². The third-order valence-corrected chi connectivity index (χ3v) is 4.17. The van der Waals surface area contributed by atoms with Gasteiger partial charge in [-0.25, -0.2) is 9.97 Å². The Morgan fingerprint density at radius 3 is 2.82 bits per heavy atom. The molecular weight excluding hydrogens is 280 g/mol. The molecule has 2 aromatic heterocycles. The van der Waals surface area contributed by atoms with E-state index >= 15 is 0 Å². The van der Waals surface area contributed by atoms with E-state index in [1.54, 1.807) is 19.5 Å². The number of pyridine rings is 1. The van der Waals surface area contributed by atoms with Crippen LogP contribution in [0.25, 0.3) is 0 Å². The molecule has 0 saturated carbocycles. The lowest BCUT2D eigenvalue weighted by Crippen LogP contribution is -2.36. The molecule has 0 amide bonds. The predicted octanol–water partition coefficient (Wildman–Crippen LogP) is 1.83. The van der Waals surface area contributed by atoms with Crippen LogP contribution in [0.2, 0.25) is 0 Å². The summed E-state index contributed by atoms with van der Waals surface area (Å²) in [5.41, 5.74) is 0.893. The molecule has 6 heteroatoms. The van der Waals surface area contributed by atoms with E-state index in [-0.39, 0.29) is 5.92 Å². The summed E-state index contributed by atoms with van der Waals surface area (Å²) in [5.74, 6) is 1.70. The minimum Gasteiger partial charge on any atom is -0.481 e. The zero-order valence-electron chi connectivity index (χ0n) is 12.6. The van der Waals surface area contributed by atoms with Gasteiger partial charge in [0.15, 0.2) is 0 Å². The van der Waals surface area contributed by atoms with Crippen molar-refractivity contribution in [1.82, 2.24) is 15.0 Å². The highest BCUT2D eigenvalue weighted by Gasteiger charge is 2.27. The molecule has 1 aliphatic rings. The molecule has 0 aromatic carbocycles. The van der Waals surface area contributed by atoms with E-state index < -0.39 is 6.10 Å². The zero-order chi connectivity index (χ0) is 15.4. The van der Waals surface area contributed by atoms with Crippen LogP contribution in [0.15, 0.2) is 36.9 Å². The molecule has 1 atom stereocenters. The Labute approximate surface area is 129 Å². The summed E-state index contributed by atoms with van der Waals surface area (Å²) in [6.45, 7) is 1.73. The number of nitrogens with zero attached hydrogens (tertiary/aromatic N) is 4. The zero-order valence-corrected chi connectivity index (χ0v) is 12.6. The summed E-state index contributed by atoms with van der Waals surface area (Å²) in [6.07, 6.45) is 6.37. The second kappa shape index (κ2) is 6.70. The van der Waals surface area contributed by atoms with Crippen LogP contribution in [0.3, 0.4) is 0 Å². The van der Waals surface area contributed by atoms with Gasteiger partial charge in [0, 0.05) is 31.5 Å². The predicted molar refractivity (Wildman–Crippen MR) is 82.7 cm³/mol. The summed E-state index contributed by atoms with van der Waals surface area (Å²) in [7, 11) is 1.60. The molecule has 0 aliphatic carbocycles. The normalized spacial score (nSPS) is 17.3. The Kier molecular flexibility index (Phi) is 4.48. The van der Waals surface area contributed by atoms with Gasteiger partial charge in [0.05, 0.1) is 13.2 Å². The number of aromatic nitrogens is 3. The topological polar surface area (TPSA) is 71.4 Å². The van der Waals surface area contributed by atoms with Crippen LogP contribution in [0.5, 0.6) is 5.88 Å². The number of methoxy groups -OCH3 is 1. The summed E-state index contributed by atoms with van der Waals surface area (Å²) >= 11 is 0. The standard InChI is InChI=1S/C16H20N4O2/c1-22-15-9-14(18-11-19-15)20-7-4-12(5-8-20)16(21)13-3-2-6-17-10-13/h2-3,6,9-12,16,21H,4-5,7-8H2,1H3. The Morgan fingerprint density at radius 2 is 2.14 bits per heavy atom. The van der Waals surface area contributed by atoms with Gasteiger partial charge in [0.1, 0.15) is 12.1 Å². The Balaban J connectivity index is 1.62. The number of hydrogen-bond donors (Lipinski definition) is 1. The van der Waals surface area contributed by atoms with Gasteiger partial charge in [-0.15, -0.1) is 0 Å². The largest absolute Gasteiger partial charge is 0.481 e. The number of hydrogen-bond acceptors (Lipinski definition) is 6. The van der Waals surface area contributed by atoms with Crippen molar-refractivity contribution < 1.29 is 9.84 Å². The van der Waals surface area contributed by atoms with Crippen molar-refractivity contribution in [2.75, 3.05) is 25.1 Å². The first-order chi connectivity index (χ1) is 10.8. The number of piperidine rings is 1. The number of ether oxygens (including phenoxy) is 1. The summed E-state index contributed by atoms with van der Waals surface area (Å²) in [5, 5.41) is 10.5. The lowest BCUT2D eigenvalue weighted by molar-refractivity contribution is 0.0925. The van der Waals surface area contributed by atoms with Crippen LogP contribution in [0, 0.1) is 5.92 Å². The SMILES string of the molecule is COc1cc(N2CCC(C(O)c3cccnc3)CC2)ncn1. The molecule has 1 N–H and O–H groups in total. The monoisotopic (exact) mass is 300 g/mol. The average Bonchev–Trinajstić information content (AvgIpc) is 2.62. The Hall–Kier alpha value is -2.21. The first-order valence-corrected chi connectivity index (χ1v) is 7.47. The van der Waals surface area contributed by atoms with Crippen molar-refractivity contribution in [2.45, 2.75) is 18.9 Å². The minimum absolute atomic E-state index is 0.254. The van der Waals surface area contributed by atoms with E-state index in [4.69, 9.17) is 4.74 Å². The third kappa shape index (κ3) is 3.17. The fraction of sp³-hybridized carbons (Fsp3) is 0.438. The maximum absolute atomic E-state index is 10.5. The molecule has 1 fully saturated rings.